The van der Waals surface area contributed by atoms with Crippen molar-refractivity contribution in [3.05, 3.63) is 28.8 Å². The zero-order valence-corrected chi connectivity index (χ0v) is 13.4. The van der Waals surface area contributed by atoms with Crippen molar-refractivity contribution in [2.24, 2.45) is 0 Å². The lowest BCUT2D eigenvalue weighted by atomic mass is 10.2. The zero-order valence-electron chi connectivity index (χ0n) is 12.6. The van der Waals surface area contributed by atoms with Crippen LogP contribution in [0.25, 0.3) is 0 Å². The van der Waals surface area contributed by atoms with Gasteiger partial charge in [-0.15, -0.1) is 0 Å². The van der Waals surface area contributed by atoms with E-state index in [1.165, 1.54) is 25.1 Å². The molecule has 4 nitrogen and oxygen atoms in total. The third kappa shape index (κ3) is 3.69. The van der Waals surface area contributed by atoms with Crippen molar-refractivity contribution in [3.8, 4) is 5.75 Å². The fourth-order valence-corrected chi connectivity index (χ4v) is 3.56. The van der Waals surface area contributed by atoms with Gasteiger partial charge in [0.25, 0.3) is 0 Å². The van der Waals surface area contributed by atoms with Crippen molar-refractivity contribution >= 4 is 11.6 Å². The molecule has 0 spiro atoms. The Labute approximate surface area is 132 Å². The van der Waals surface area contributed by atoms with Gasteiger partial charge in [0, 0.05) is 56.9 Å². The lowest BCUT2D eigenvalue weighted by Crippen LogP contribution is -2.49. The first-order chi connectivity index (χ1) is 10.3. The summed E-state index contributed by atoms with van der Waals surface area (Å²) in [5.41, 5.74) is 1.19. The monoisotopic (exact) mass is 309 g/mol. The standard InChI is InChI=1S/C16H24ClN3O/c1-21-15-3-2-13(16(17)10-15)11-19-7-4-14(12-19)20-8-5-18-6-9-20/h2-3,10,14,18H,4-9,11-12H2,1H3. The summed E-state index contributed by atoms with van der Waals surface area (Å²) in [7, 11) is 1.67. The lowest BCUT2D eigenvalue weighted by Gasteiger charge is -2.32. The molecule has 0 bridgehead atoms. The number of rotatable bonds is 4. The Morgan fingerprint density at radius 3 is 2.81 bits per heavy atom. The van der Waals surface area contributed by atoms with Gasteiger partial charge in [0.1, 0.15) is 5.75 Å². The molecule has 0 saturated carbocycles. The van der Waals surface area contributed by atoms with Crippen LogP contribution in [0, 0.1) is 0 Å². The maximum absolute atomic E-state index is 6.35. The minimum Gasteiger partial charge on any atom is -0.497 e. The maximum Gasteiger partial charge on any atom is 0.120 e. The van der Waals surface area contributed by atoms with Crippen LogP contribution in [0.1, 0.15) is 12.0 Å². The van der Waals surface area contributed by atoms with E-state index in [1.54, 1.807) is 7.11 Å². The van der Waals surface area contributed by atoms with Crippen LogP contribution in [-0.4, -0.2) is 62.2 Å². The highest BCUT2D eigenvalue weighted by molar-refractivity contribution is 6.31. The molecule has 5 heteroatoms. The minimum absolute atomic E-state index is 0.712. The number of ether oxygens (including phenoxy) is 1. The molecule has 2 fully saturated rings. The average molecular weight is 310 g/mol. The van der Waals surface area contributed by atoms with Crippen LogP contribution >= 0.6 is 11.6 Å². The molecule has 1 aromatic carbocycles. The quantitative estimate of drug-likeness (QED) is 0.918. The summed E-state index contributed by atoms with van der Waals surface area (Å²) in [4.78, 5) is 5.15. The fraction of sp³-hybridized carbons (Fsp3) is 0.625. The molecular weight excluding hydrogens is 286 g/mol. The number of hydrogen-bond acceptors (Lipinski definition) is 4. The van der Waals surface area contributed by atoms with Gasteiger partial charge >= 0.3 is 0 Å². The number of hydrogen-bond donors (Lipinski definition) is 1. The van der Waals surface area contributed by atoms with Crippen molar-refractivity contribution in [2.45, 2.75) is 19.0 Å². The van der Waals surface area contributed by atoms with E-state index in [2.05, 4.69) is 21.2 Å². The Morgan fingerprint density at radius 1 is 1.29 bits per heavy atom. The Morgan fingerprint density at radius 2 is 2.10 bits per heavy atom. The third-order valence-corrected chi connectivity index (χ3v) is 4.92. The average Bonchev–Trinajstić information content (AvgIpc) is 2.99. The molecule has 0 amide bonds. The van der Waals surface area contributed by atoms with Gasteiger partial charge in [-0.3, -0.25) is 9.80 Å². The van der Waals surface area contributed by atoms with Gasteiger partial charge in [-0.05, 0) is 24.1 Å². The van der Waals surface area contributed by atoms with Crippen molar-refractivity contribution in [1.82, 2.24) is 15.1 Å². The van der Waals surface area contributed by atoms with Crippen LogP contribution < -0.4 is 10.1 Å². The predicted octanol–water partition coefficient (Wildman–Crippen LogP) is 1.83. The van der Waals surface area contributed by atoms with E-state index in [0.29, 0.717) is 6.04 Å². The van der Waals surface area contributed by atoms with Gasteiger partial charge < -0.3 is 10.1 Å². The molecule has 2 saturated heterocycles. The Bertz CT molecular complexity index is 477. The number of halogens is 1. The SMILES string of the molecule is COc1ccc(CN2CCC(N3CCNCC3)C2)c(Cl)c1. The van der Waals surface area contributed by atoms with Gasteiger partial charge in [-0.2, -0.15) is 0 Å². The number of nitrogens with one attached hydrogen (secondary N) is 1. The second-order valence-electron chi connectivity index (χ2n) is 5.92. The van der Waals surface area contributed by atoms with Gasteiger partial charge in [-0.25, -0.2) is 0 Å². The minimum atomic E-state index is 0.712. The molecule has 116 valence electrons. The van der Waals surface area contributed by atoms with Gasteiger partial charge in [-0.1, -0.05) is 17.7 Å². The van der Waals surface area contributed by atoms with E-state index in [0.717, 1.165) is 43.5 Å². The molecule has 2 aliphatic rings. The van der Waals surface area contributed by atoms with E-state index in [4.69, 9.17) is 16.3 Å². The summed E-state index contributed by atoms with van der Waals surface area (Å²) in [6.45, 7) is 7.87. The van der Waals surface area contributed by atoms with Crippen LogP contribution in [-0.2, 0) is 6.54 Å². The molecule has 2 heterocycles. The number of methoxy groups -OCH3 is 1. The summed E-state index contributed by atoms with van der Waals surface area (Å²) < 4.78 is 5.21. The predicted molar refractivity (Wildman–Crippen MR) is 86.1 cm³/mol. The zero-order chi connectivity index (χ0) is 14.7. The van der Waals surface area contributed by atoms with Gasteiger partial charge in [0.2, 0.25) is 0 Å². The second kappa shape index (κ2) is 6.97. The molecular formula is C16H24ClN3O. The highest BCUT2D eigenvalue weighted by Gasteiger charge is 2.28. The first kappa shape index (κ1) is 15.1. The van der Waals surface area contributed by atoms with Crippen LogP contribution in [0.5, 0.6) is 5.75 Å². The molecule has 1 unspecified atom stereocenters. The topological polar surface area (TPSA) is 27.7 Å². The van der Waals surface area contributed by atoms with Crippen molar-refractivity contribution in [2.75, 3.05) is 46.4 Å². The third-order valence-electron chi connectivity index (χ3n) is 4.57. The van der Waals surface area contributed by atoms with Crippen LogP contribution in [0.3, 0.4) is 0 Å². The molecule has 0 aromatic heterocycles. The summed E-state index contributed by atoms with van der Waals surface area (Å²) in [6.07, 6.45) is 1.27. The number of benzene rings is 1. The molecule has 1 aromatic rings. The van der Waals surface area contributed by atoms with Crippen LogP contribution in [0.4, 0.5) is 0 Å². The van der Waals surface area contributed by atoms with E-state index in [1.807, 2.05) is 12.1 Å². The molecule has 0 aliphatic carbocycles. The highest BCUT2D eigenvalue weighted by Crippen LogP contribution is 2.25. The highest BCUT2D eigenvalue weighted by atomic mass is 35.5. The Balaban J connectivity index is 1.56. The second-order valence-corrected chi connectivity index (χ2v) is 6.33. The largest absolute Gasteiger partial charge is 0.497 e. The normalized spacial score (nSPS) is 24.4. The van der Waals surface area contributed by atoms with E-state index < -0.39 is 0 Å². The molecule has 1 N–H and O–H groups in total. The molecule has 21 heavy (non-hydrogen) atoms. The van der Waals surface area contributed by atoms with E-state index in [-0.39, 0.29) is 0 Å². The summed E-state index contributed by atoms with van der Waals surface area (Å²) in [5.74, 6) is 0.823. The van der Waals surface area contributed by atoms with Crippen LogP contribution in [0.2, 0.25) is 5.02 Å². The molecule has 2 aliphatic heterocycles. The Kier molecular flexibility index (Phi) is 5.01. The molecule has 3 rings (SSSR count). The summed E-state index contributed by atoms with van der Waals surface area (Å²) >= 11 is 6.35. The van der Waals surface area contributed by atoms with Gasteiger partial charge in [0.05, 0.1) is 7.11 Å². The Hall–Kier alpha value is -0.810. The fourth-order valence-electron chi connectivity index (χ4n) is 3.33. The van der Waals surface area contributed by atoms with E-state index in [9.17, 15) is 0 Å². The van der Waals surface area contributed by atoms with Crippen molar-refractivity contribution in [3.63, 3.8) is 0 Å². The number of likely N-dealkylation sites (tertiary alicyclic amines) is 1. The van der Waals surface area contributed by atoms with Crippen LogP contribution in [0.15, 0.2) is 18.2 Å². The van der Waals surface area contributed by atoms with Crippen molar-refractivity contribution < 1.29 is 4.74 Å². The van der Waals surface area contributed by atoms with E-state index >= 15 is 0 Å². The smallest absolute Gasteiger partial charge is 0.120 e. The number of piperazine rings is 1. The lowest BCUT2D eigenvalue weighted by molar-refractivity contribution is 0.170. The molecule has 0 radical (unpaired) electrons. The maximum atomic E-state index is 6.35. The summed E-state index contributed by atoms with van der Waals surface area (Å²) in [6, 6.07) is 6.69. The number of nitrogens with zero attached hydrogens (tertiary/aromatic N) is 2. The first-order valence-electron chi connectivity index (χ1n) is 7.76. The first-order valence-corrected chi connectivity index (χ1v) is 8.13. The van der Waals surface area contributed by atoms with Gasteiger partial charge in [0.15, 0.2) is 0 Å². The summed E-state index contributed by atoms with van der Waals surface area (Å²) in [5, 5.41) is 4.23. The van der Waals surface area contributed by atoms with Crippen molar-refractivity contribution in [1.29, 1.82) is 0 Å². The molecule has 1 atom stereocenters.